The summed E-state index contributed by atoms with van der Waals surface area (Å²) in [5, 5.41) is 8.79. The summed E-state index contributed by atoms with van der Waals surface area (Å²) in [5.41, 5.74) is 5.32. The number of carboxylic acid groups (broad SMARTS) is 1. The molecule has 0 aliphatic heterocycles. The molecule has 0 bridgehead atoms. The monoisotopic (exact) mass is 181 g/mol. The van der Waals surface area contributed by atoms with Gasteiger partial charge in [0.15, 0.2) is 0 Å². The SMILES string of the molecule is Cn1cnc(C2CC2(N)C(=O)O)c1. The van der Waals surface area contributed by atoms with Gasteiger partial charge in [0.2, 0.25) is 0 Å². The summed E-state index contributed by atoms with van der Waals surface area (Å²) in [5.74, 6) is -1.06. The van der Waals surface area contributed by atoms with E-state index in [1.807, 2.05) is 13.2 Å². The predicted octanol–water partition coefficient (Wildman–Crippen LogP) is -0.311. The highest BCUT2D eigenvalue weighted by Gasteiger charge is 2.59. The second-order valence-corrected chi connectivity index (χ2v) is 3.57. The zero-order valence-electron chi connectivity index (χ0n) is 7.27. The smallest absolute Gasteiger partial charge is 0.324 e. The summed E-state index contributed by atoms with van der Waals surface area (Å²) >= 11 is 0. The van der Waals surface area contributed by atoms with E-state index in [4.69, 9.17) is 10.8 Å². The Balaban J connectivity index is 2.20. The van der Waals surface area contributed by atoms with Crippen molar-refractivity contribution in [2.75, 3.05) is 0 Å². The van der Waals surface area contributed by atoms with Gasteiger partial charge in [0, 0.05) is 19.2 Å². The van der Waals surface area contributed by atoms with Crippen LogP contribution in [0.15, 0.2) is 12.5 Å². The van der Waals surface area contributed by atoms with E-state index in [9.17, 15) is 4.79 Å². The summed E-state index contributed by atoms with van der Waals surface area (Å²) in [4.78, 5) is 14.8. The van der Waals surface area contributed by atoms with Crippen LogP contribution in [0.3, 0.4) is 0 Å². The molecule has 2 unspecified atom stereocenters. The zero-order valence-corrected chi connectivity index (χ0v) is 7.27. The third kappa shape index (κ3) is 1.12. The van der Waals surface area contributed by atoms with E-state index in [-0.39, 0.29) is 5.92 Å². The van der Waals surface area contributed by atoms with Crippen LogP contribution in [0.1, 0.15) is 18.0 Å². The van der Waals surface area contributed by atoms with Crippen LogP contribution in [-0.4, -0.2) is 26.2 Å². The average molecular weight is 181 g/mol. The minimum absolute atomic E-state index is 0.119. The molecule has 0 saturated heterocycles. The molecule has 0 spiro atoms. The van der Waals surface area contributed by atoms with Crippen molar-refractivity contribution in [1.29, 1.82) is 0 Å². The van der Waals surface area contributed by atoms with Crippen molar-refractivity contribution in [3.63, 3.8) is 0 Å². The Labute approximate surface area is 75.2 Å². The lowest BCUT2D eigenvalue weighted by Gasteiger charge is -2.01. The Morgan fingerprint density at radius 2 is 2.62 bits per heavy atom. The normalized spacial score (nSPS) is 31.7. The highest BCUT2D eigenvalue weighted by molar-refractivity contribution is 5.84. The molecule has 0 radical (unpaired) electrons. The number of hydrogen-bond donors (Lipinski definition) is 2. The molecule has 1 fully saturated rings. The Bertz CT molecular complexity index is 360. The average Bonchev–Trinajstić information content (AvgIpc) is 2.55. The third-order valence-electron chi connectivity index (χ3n) is 2.48. The first-order chi connectivity index (χ1) is 6.04. The Hall–Kier alpha value is -1.36. The molecule has 1 aliphatic rings. The van der Waals surface area contributed by atoms with Gasteiger partial charge in [-0.05, 0) is 6.42 Å². The van der Waals surface area contributed by atoms with Crippen molar-refractivity contribution < 1.29 is 9.90 Å². The van der Waals surface area contributed by atoms with Gasteiger partial charge >= 0.3 is 5.97 Å². The molecule has 5 nitrogen and oxygen atoms in total. The molecule has 70 valence electrons. The van der Waals surface area contributed by atoms with Crippen LogP contribution in [0.4, 0.5) is 0 Å². The molecule has 1 heterocycles. The van der Waals surface area contributed by atoms with Crippen LogP contribution in [0, 0.1) is 0 Å². The highest BCUT2D eigenvalue weighted by atomic mass is 16.4. The number of rotatable bonds is 2. The lowest BCUT2D eigenvalue weighted by atomic mass is 10.2. The molecule has 1 aliphatic carbocycles. The van der Waals surface area contributed by atoms with Gasteiger partial charge in [-0.1, -0.05) is 0 Å². The Kier molecular flexibility index (Phi) is 1.47. The quantitative estimate of drug-likeness (QED) is 0.655. The largest absolute Gasteiger partial charge is 0.480 e. The second-order valence-electron chi connectivity index (χ2n) is 3.57. The molecule has 1 aromatic heterocycles. The summed E-state index contributed by atoms with van der Waals surface area (Å²) in [6.45, 7) is 0. The lowest BCUT2D eigenvalue weighted by Crippen LogP contribution is -2.34. The van der Waals surface area contributed by atoms with Gasteiger partial charge in [-0.15, -0.1) is 0 Å². The molecule has 2 atom stereocenters. The predicted molar refractivity (Wildman–Crippen MR) is 45.1 cm³/mol. The topological polar surface area (TPSA) is 81.1 Å². The van der Waals surface area contributed by atoms with Crippen molar-refractivity contribution in [3.05, 3.63) is 18.2 Å². The maximum absolute atomic E-state index is 10.7. The number of aromatic nitrogens is 2. The van der Waals surface area contributed by atoms with Crippen LogP contribution < -0.4 is 5.73 Å². The van der Waals surface area contributed by atoms with Gasteiger partial charge in [-0.25, -0.2) is 4.98 Å². The van der Waals surface area contributed by atoms with Crippen molar-refractivity contribution >= 4 is 5.97 Å². The first-order valence-corrected chi connectivity index (χ1v) is 4.04. The maximum Gasteiger partial charge on any atom is 0.324 e. The summed E-state index contributed by atoms with van der Waals surface area (Å²) < 4.78 is 1.79. The first-order valence-electron chi connectivity index (χ1n) is 4.04. The Morgan fingerprint density at radius 3 is 3.00 bits per heavy atom. The van der Waals surface area contributed by atoms with Crippen molar-refractivity contribution in [1.82, 2.24) is 9.55 Å². The van der Waals surface area contributed by atoms with Crippen LogP contribution >= 0.6 is 0 Å². The molecule has 0 amide bonds. The van der Waals surface area contributed by atoms with Crippen LogP contribution in [-0.2, 0) is 11.8 Å². The van der Waals surface area contributed by atoms with E-state index < -0.39 is 11.5 Å². The van der Waals surface area contributed by atoms with Crippen LogP contribution in [0.25, 0.3) is 0 Å². The molecule has 13 heavy (non-hydrogen) atoms. The van der Waals surface area contributed by atoms with Crippen molar-refractivity contribution in [2.24, 2.45) is 12.8 Å². The number of imidazole rings is 1. The van der Waals surface area contributed by atoms with Gasteiger partial charge in [0.05, 0.1) is 12.0 Å². The minimum atomic E-state index is -1.08. The fraction of sp³-hybridized carbons (Fsp3) is 0.500. The van der Waals surface area contributed by atoms with E-state index in [1.54, 1.807) is 10.9 Å². The molecule has 5 heteroatoms. The first kappa shape index (κ1) is 8.25. The van der Waals surface area contributed by atoms with Crippen LogP contribution in [0.5, 0.6) is 0 Å². The van der Waals surface area contributed by atoms with Gasteiger partial charge in [0.1, 0.15) is 5.54 Å². The van der Waals surface area contributed by atoms with E-state index in [1.165, 1.54) is 0 Å². The van der Waals surface area contributed by atoms with Crippen molar-refractivity contribution in [2.45, 2.75) is 17.9 Å². The number of hydrogen-bond acceptors (Lipinski definition) is 3. The molecule has 1 saturated carbocycles. The number of nitrogens with zero attached hydrogens (tertiary/aromatic N) is 2. The zero-order chi connectivity index (χ0) is 9.64. The minimum Gasteiger partial charge on any atom is -0.480 e. The molecular weight excluding hydrogens is 170 g/mol. The van der Waals surface area contributed by atoms with Gasteiger partial charge < -0.3 is 15.4 Å². The summed E-state index contributed by atoms with van der Waals surface area (Å²) in [6, 6.07) is 0. The summed E-state index contributed by atoms with van der Waals surface area (Å²) in [7, 11) is 1.85. The molecule has 2 rings (SSSR count). The number of aryl methyl sites for hydroxylation is 1. The van der Waals surface area contributed by atoms with E-state index in [0.717, 1.165) is 5.69 Å². The molecule has 1 aromatic rings. The van der Waals surface area contributed by atoms with Gasteiger partial charge in [-0.3, -0.25) is 4.79 Å². The summed E-state index contributed by atoms with van der Waals surface area (Å²) in [6.07, 6.45) is 3.94. The molecule has 0 aromatic carbocycles. The number of carboxylic acids is 1. The fourth-order valence-corrected chi connectivity index (χ4v) is 1.50. The fourth-order valence-electron chi connectivity index (χ4n) is 1.50. The lowest BCUT2D eigenvalue weighted by molar-refractivity contribution is -0.139. The Morgan fingerprint density at radius 1 is 1.92 bits per heavy atom. The van der Waals surface area contributed by atoms with E-state index >= 15 is 0 Å². The second kappa shape index (κ2) is 2.32. The van der Waals surface area contributed by atoms with E-state index in [0.29, 0.717) is 6.42 Å². The number of nitrogens with two attached hydrogens (primary N) is 1. The van der Waals surface area contributed by atoms with Crippen LogP contribution in [0.2, 0.25) is 0 Å². The third-order valence-corrected chi connectivity index (χ3v) is 2.48. The number of aliphatic carboxylic acids is 1. The molecular formula is C8H11N3O2. The van der Waals surface area contributed by atoms with Gasteiger partial charge in [0.25, 0.3) is 0 Å². The van der Waals surface area contributed by atoms with Crippen molar-refractivity contribution in [3.8, 4) is 0 Å². The molecule has 3 N–H and O–H groups in total. The standard InChI is InChI=1S/C8H11N3O2/c1-11-3-6(10-4-11)5-2-8(5,9)7(12)13/h3-5H,2,9H2,1H3,(H,12,13). The number of carbonyl (C=O) groups is 1. The maximum atomic E-state index is 10.7. The van der Waals surface area contributed by atoms with E-state index in [2.05, 4.69) is 4.98 Å². The van der Waals surface area contributed by atoms with Gasteiger partial charge in [-0.2, -0.15) is 0 Å². The highest BCUT2D eigenvalue weighted by Crippen LogP contribution is 2.48.